The summed E-state index contributed by atoms with van der Waals surface area (Å²) in [7, 11) is 3.71. The van der Waals surface area contributed by atoms with E-state index in [1.54, 1.807) is 9.13 Å². The van der Waals surface area contributed by atoms with Crippen molar-refractivity contribution in [2.24, 2.45) is 14.1 Å². The fourth-order valence-electron chi connectivity index (χ4n) is 1.67. The van der Waals surface area contributed by atoms with Crippen LogP contribution in [0.4, 0.5) is 0 Å². The molecule has 0 atom stereocenters. The standard InChI is InChI=1S/C8H12N2OS/c1-9-6-3-4-12-5-7(6)10(2)8(9)11/h3-5H2,1-2H3. The van der Waals surface area contributed by atoms with Crippen molar-refractivity contribution in [2.45, 2.75) is 12.2 Å². The van der Waals surface area contributed by atoms with Gasteiger partial charge in [-0.3, -0.25) is 9.13 Å². The van der Waals surface area contributed by atoms with Gasteiger partial charge in [-0.15, -0.1) is 0 Å². The fourth-order valence-corrected chi connectivity index (χ4v) is 2.71. The zero-order valence-corrected chi connectivity index (χ0v) is 8.15. The molecule has 1 aliphatic heterocycles. The number of thioether (sulfide) groups is 1. The summed E-state index contributed by atoms with van der Waals surface area (Å²) in [6.45, 7) is 0. The number of rotatable bonds is 0. The molecular formula is C8H12N2OS. The lowest BCUT2D eigenvalue weighted by atomic mass is 10.2. The maximum atomic E-state index is 11.5. The molecule has 3 nitrogen and oxygen atoms in total. The lowest BCUT2D eigenvalue weighted by Gasteiger charge is -2.12. The minimum Gasteiger partial charge on any atom is -0.299 e. The van der Waals surface area contributed by atoms with Crippen LogP contribution in [0.5, 0.6) is 0 Å². The van der Waals surface area contributed by atoms with Gasteiger partial charge in [-0.2, -0.15) is 11.8 Å². The van der Waals surface area contributed by atoms with Gasteiger partial charge in [0.2, 0.25) is 0 Å². The van der Waals surface area contributed by atoms with E-state index in [1.807, 2.05) is 25.9 Å². The van der Waals surface area contributed by atoms with Gasteiger partial charge in [-0.25, -0.2) is 4.79 Å². The molecule has 2 heterocycles. The highest BCUT2D eigenvalue weighted by Crippen LogP contribution is 2.22. The van der Waals surface area contributed by atoms with Gasteiger partial charge in [0.1, 0.15) is 0 Å². The molecule has 1 aromatic rings. The predicted octanol–water partition coefficient (Wildman–Crippen LogP) is 0.513. The maximum absolute atomic E-state index is 11.5. The van der Waals surface area contributed by atoms with Gasteiger partial charge in [0.15, 0.2) is 0 Å². The van der Waals surface area contributed by atoms with Crippen LogP contribution < -0.4 is 5.69 Å². The summed E-state index contributed by atoms with van der Waals surface area (Å²) in [6, 6.07) is 0. The van der Waals surface area contributed by atoms with Crippen LogP contribution in [0.3, 0.4) is 0 Å². The second-order valence-corrected chi connectivity index (χ2v) is 4.20. The molecule has 1 aliphatic rings. The summed E-state index contributed by atoms with van der Waals surface area (Å²) < 4.78 is 3.54. The normalized spacial score (nSPS) is 16.2. The molecule has 0 aliphatic carbocycles. The average Bonchev–Trinajstić information content (AvgIpc) is 2.33. The highest BCUT2D eigenvalue weighted by atomic mass is 32.2. The van der Waals surface area contributed by atoms with Crippen LogP contribution in [0.15, 0.2) is 4.79 Å². The maximum Gasteiger partial charge on any atom is 0.328 e. The molecule has 66 valence electrons. The van der Waals surface area contributed by atoms with Crippen LogP contribution >= 0.6 is 11.8 Å². The second kappa shape index (κ2) is 2.69. The van der Waals surface area contributed by atoms with Crippen molar-refractivity contribution in [1.82, 2.24) is 9.13 Å². The highest BCUT2D eigenvalue weighted by molar-refractivity contribution is 7.98. The topological polar surface area (TPSA) is 26.9 Å². The van der Waals surface area contributed by atoms with Gasteiger partial charge in [0.05, 0.1) is 5.69 Å². The Balaban J connectivity index is 2.68. The Bertz CT molecular complexity index is 331. The van der Waals surface area contributed by atoms with E-state index in [0.29, 0.717) is 0 Å². The van der Waals surface area contributed by atoms with Crippen molar-refractivity contribution in [3.8, 4) is 0 Å². The quantitative estimate of drug-likeness (QED) is 0.587. The predicted molar refractivity (Wildman–Crippen MR) is 50.5 cm³/mol. The first-order valence-electron chi connectivity index (χ1n) is 4.03. The Morgan fingerprint density at radius 3 is 2.58 bits per heavy atom. The molecule has 0 N–H and O–H groups in total. The van der Waals surface area contributed by atoms with Crippen LogP contribution in [0.25, 0.3) is 0 Å². The van der Waals surface area contributed by atoms with Crippen LogP contribution in [0.2, 0.25) is 0 Å². The van der Waals surface area contributed by atoms with E-state index >= 15 is 0 Å². The minimum absolute atomic E-state index is 0.113. The molecule has 2 rings (SSSR count). The number of nitrogens with zero attached hydrogens (tertiary/aromatic N) is 2. The van der Waals surface area contributed by atoms with Crippen LogP contribution in [0, 0.1) is 0 Å². The van der Waals surface area contributed by atoms with E-state index in [4.69, 9.17) is 0 Å². The lowest BCUT2D eigenvalue weighted by molar-refractivity contribution is 0.753. The Morgan fingerprint density at radius 1 is 1.25 bits per heavy atom. The molecule has 4 heteroatoms. The molecule has 0 amide bonds. The zero-order valence-electron chi connectivity index (χ0n) is 7.33. The van der Waals surface area contributed by atoms with E-state index in [2.05, 4.69) is 0 Å². The molecule has 0 spiro atoms. The molecule has 0 aromatic carbocycles. The van der Waals surface area contributed by atoms with Gasteiger partial charge in [0.25, 0.3) is 0 Å². The molecular weight excluding hydrogens is 172 g/mol. The second-order valence-electron chi connectivity index (χ2n) is 3.10. The first-order chi connectivity index (χ1) is 5.72. The largest absolute Gasteiger partial charge is 0.328 e. The summed E-state index contributed by atoms with van der Waals surface area (Å²) in [5, 5.41) is 0. The van der Waals surface area contributed by atoms with Crippen molar-refractivity contribution in [1.29, 1.82) is 0 Å². The molecule has 0 radical (unpaired) electrons. The Labute approximate surface area is 75.4 Å². The minimum atomic E-state index is 0.113. The van der Waals surface area contributed by atoms with E-state index in [9.17, 15) is 4.79 Å². The van der Waals surface area contributed by atoms with E-state index in [1.165, 1.54) is 11.4 Å². The van der Waals surface area contributed by atoms with Gasteiger partial charge in [-0.1, -0.05) is 0 Å². The van der Waals surface area contributed by atoms with Crippen molar-refractivity contribution in [3.63, 3.8) is 0 Å². The molecule has 0 saturated carbocycles. The summed E-state index contributed by atoms with van der Waals surface area (Å²) in [5.41, 5.74) is 2.54. The average molecular weight is 184 g/mol. The van der Waals surface area contributed by atoms with Crippen molar-refractivity contribution < 1.29 is 0 Å². The van der Waals surface area contributed by atoms with E-state index < -0.39 is 0 Å². The Hall–Kier alpha value is -0.640. The zero-order chi connectivity index (χ0) is 8.72. The molecule has 0 unspecified atom stereocenters. The van der Waals surface area contributed by atoms with Gasteiger partial charge in [0, 0.05) is 25.5 Å². The number of imidazole rings is 1. The van der Waals surface area contributed by atoms with Gasteiger partial charge >= 0.3 is 5.69 Å². The van der Waals surface area contributed by atoms with Crippen molar-refractivity contribution in [2.75, 3.05) is 5.75 Å². The van der Waals surface area contributed by atoms with E-state index in [0.717, 1.165) is 17.9 Å². The van der Waals surface area contributed by atoms with E-state index in [-0.39, 0.29) is 5.69 Å². The van der Waals surface area contributed by atoms with Crippen molar-refractivity contribution >= 4 is 11.8 Å². The van der Waals surface area contributed by atoms with Gasteiger partial charge in [-0.05, 0) is 12.2 Å². The Kier molecular flexibility index (Phi) is 1.79. The lowest BCUT2D eigenvalue weighted by Crippen LogP contribution is -2.20. The summed E-state index contributed by atoms with van der Waals surface area (Å²) in [4.78, 5) is 11.5. The third kappa shape index (κ3) is 0.941. The molecule has 12 heavy (non-hydrogen) atoms. The van der Waals surface area contributed by atoms with Crippen LogP contribution in [-0.2, 0) is 26.3 Å². The summed E-state index contributed by atoms with van der Waals surface area (Å²) >= 11 is 1.90. The third-order valence-corrected chi connectivity index (χ3v) is 3.41. The van der Waals surface area contributed by atoms with Gasteiger partial charge < -0.3 is 0 Å². The monoisotopic (exact) mass is 184 g/mol. The Morgan fingerprint density at radius 2 is 1.92 bits per heavy atom. The fraction of sp³-hybridized carbons (Fsp3) is 0.625. The third-order valence-electron chi connectivity index (χ3n) is 2.44. The summed E-state index contributed by atoms with van der Waals surface area (Å²) in [6.07, 6.45) is 1.03. The van der Waals surface area contributed by atoms with Crippen LogP contribution in [-0.4, -0.2) is 14.9 Å². The summed E-state index contributed by atoms with van der Waals surface area (Å²) in [5.74, 6) is 2.13. The SMILES string of the molecule is Cn1c2c(n(C)c1=O)CSCC2. The first kappa shape index (κ1) is 7.98. The number of hydrogen-bond acceptors (Lipinski definition) is 2. The number of hydrogen-bond donors (Lipinski definition) is 0. The first-order valence-corrected chi connectivity index (χ1v) is 5.18. The highest BCUT2D eigenvalue weighted by Gasteiger charge is 2.18. The molecule has 0 fully saturated rings. The molecule has 0 saturated heterocycles. The molecule has 0 bridgehead atoms. The van der Waals surface area contributed by atoms with Crippen LogP contribution in [0.1, 0.15) is 11.4 Å². The number of fused-ring (bicyclic) bond motifs is 1. The number of aromatic nitrogens is 2. The smallest absolute Gasteiger partial charge is 0.299 e. The van der Waals surface area contributed by atoms with Crippen molar-refractivity contribution in [3.05, 3.63) is 21.9 Å². The molecule has 1 aromatic heterocycles.